The highest BCUT2D eigenvalue weighted by Gasteiger charge is 2.24. The summed E-state index contributed by atoms with van der Waals surface area (Å²) in [6.45, 7) is 7.95. The van der Waals surface area contributed by atoms with Gasteiger partial charge in [-0.1, -0.05) is 19.9 Å². The van der Waals surface area contributed by atoms with Crippen LogP contribution >= 0.6 is 0 Å². The highest BCUT2D eigenvalue weighted by Crippen LogP contribution is 2.21. The van der Waals surface area contributed by atoms with Crippen LogP contribution in [0.25, 0.3) is 0 Å². The van der Waals surface area contributed by atoms with Gasteiger partial charge in [0.25, 0.3) is 0 Å². The van der Waals surface area contributed by atoms with Gasteiger partial charge in [-0.3, -0.25) is 0 Å². The predicted molar refractivity (Wildman–Crippen MR) is 78.4 cm³/mol. The van der Waals surface area contributed by atoms with Crippen molar-refractivity contribution in [1.29, 1.82) is 0 Å². The van der Waals surface area contributed by atoms with Crippen molar-refractivity contribution in [2.24, 2.45) is 0 Å². The second kappa shape index (κ2) is 7.01. The number of rotatable bonds is 7. The van der Waals surface area contributed by atoms with Gasteiger partial charge in [0.05, 0.1) is 5.69 Å². The Kier molecular flexibility index (Phi) is 5.91. The molecule has 0 amide bonds. The molecule has 1 unspecified atom stereocenters. The Morgan fingerprint density at radius 1 is 1.35 bits per heavy atom. The summed E-state index contributed by atoms with van der Waals surface area (Å²) in [5.41, 5.74) is 5.48. The average Bonchev–Trinajstić information content (AvgIpc) is 2.34. The Balaban J connectivity index is 2.90. The third-order valence-electron chi connectivity index (χ3n) is 3.05. The van der Waals surface area contributed by atoms with Gasteiger partial charge >= 0.3 is 0 Å². The molecule has 1 atom stereocenters. The molecule has 1 aromatic carbocycles. The monoisotopic (exact) mass is 303 g/mol. The molecule has 0 saturated carbocycles. The van der Waals surface area contributed by atoms with Crippen LogP contribution < -0.4 is 10.5 Å². The second-order valence-corrected chi connectivity index (χ2v) is 6.32. The first-order chi connectivity index (χ1) is 9.31. The molecule has 1 aromatic rings. The molecule has 5 nitrogen and oxygen atoms in total. The lowest BCUT2D eigenvalue weighted by Gasteiger charge is -2.23. The SMILES string of the molecule is CCN(CC)CC(C)NS(=O)(=O)c1c(N)cccc1F. The number of hydrogen-bond donors (Lipinski definition) is 2. The second-order valence-electron chi connectivity index (χ2n) is 4.67. The van der Waals surface area contributed by atoms with E-state index in [-0.39, 0.29) is 11.7 Å². The fourth-order valence-corrected chi connectivity index (χ4v) is 3.46. The first kappa shape index (κ1) is 16.9. The number of nitrogens with two attached hydrogens (primary N) is 1. The van der Waals surface area contributed by atoms with Crippen LogP contribution in [0.2, 0.25) is 0 Å². The van der Waals surface area contributed by atoms with Gasteiger partial charge < -0.3 is 10.6 Å². The van der Waals surface area contributed by atoms with E-state index in [1.807, 2.05) is 13.8 Å². The number of nitrogens with one attached hydrogen (secondary N) is 1. The number of sulfonamides is 1. The molecule has 0 aliphatic rings. The van der Waals surface area contributed by atoms with Gasteiger partial charge in [-0.15, -0.1) is 0 Å². The zero-order chi connectivity index (χ0) is 15.3. The molecule has 0 heterocycles. The van der Waals surface area contributed by atoms with E-state index < -0.39 is 20.7 Å². The van der Waals surface area contributed by atoms with Crippen molar-refractivity contribution in [2.75, 3.05) is 25.4 Å². The molecule has 0 bridgehead atoms. The normalized spacial score (nSPS) is 13.7. The largest absolute Gasteiger partial charge is 0.398 e. The maximum absolute atomic E-state index is 13.7. The number of benzene rings is 1. The highest BCUT2D eigenvalue weighted by atomic mass is 32.2. The lowest BCUT2D eigenvalue weighted by molar-refractivity contribution is 0.282. The van der Waals surface area contributed by atoms with E-state index >= 15 is 0 Å². The van der Waals surface area contributed by atoms with Crippen molar-refractivity contribution in [1.82, 2.24) is 9.62 Å². The van der Waals surface area contributed by atoms with Crippen LogP contribution in [0.1, 0.15) is 20.8 Å². The zero-order valence-electron chi connectivity index (χ0n) is 12.1. The van der Waals surface area contributed by atoms with Crippen LogP contribution in [0, 0.1) is 5.82 Å². The minimum absolute atomic E-state index is 0.0902. The van der Waals surface area contributed by atoms with Gasteiger partial charge in [0.1, 0.15) is 10.7 Å². The van der Waals surface area contributed by atoms with E-state index in [9.17, 15) is 12.8 Å². The molecule has 20 heavy (non-hydrogen) atoms. The topological polar surface area (TPSA) is 75.4 Å². The summed E-state index contributed by atoms with van der Waals surface area (Å²) in [6, 6.07) is 3.49. The third kappa shape index (κ3) is 4.16. The van der Waals surface area contributed by atoms with Gasteiger partial charge in [-0.2, -0.15) is 0 Å². The fourth-order valence-electron chi connectivity index (χ4n) is 2.04. The maximum Gasteiger partial charge on any atom is 0.245 e. The van der Waals surface area contributed by atoms with Crippen molar-refractivity contribution in [3.8, 4) is 0 Å². The molecule has 1 rings (SSSR count). The Bertz CT molecular complexity index is 524. The zero-order valence-corrected chi connectivity index (χ0v) is 12.9. The van der Waals surface area contributed by atoms with E-state index in [1.54, 1.807) is 6.92 Å². The molecule has 0 aliphatic carbocycles. The minimum Gasteiger partial charge on any atom is -0.398 e. The van der Waals surface area contributed by atoms with Crippen LogP contribution in [0.15, 0.2) is 23.1 Å². The summed E-state index contributed by atoms with van der Waals surface area (Å²) in [7, 11) is -3.96. The van der Waals surface area contributed by atoms with Gasteiger partial charge in [0, 0.05) is 12.6 Å². The van der Waals surface area contributed by atoms with E-state index in [4.69, 9.17) is 5.73 Å². The summed E-state index contributed by atoms with van der Waals surface area (Å²) in [4.78, 5) is 1.60. The van der Waals surface area contributed by atoms with Gasteiger partial charge in [-0.05, 0) is 32.1 Å². The number of nitrogen functional groups attached to an aromatic ring is 1. The van der Waals surface area contributed by atoms with Crippen LogP contribution in [-0.2, 0) is 10.0 Å². The number of nitrogens with zero attached hydrogens (tertiary/aromatic N) is 1. The fraction of sp³-hybridized carbons (Fsp3) is 0.538. The third-order valence-corrected chi connectivity index (χ3v) is 4.73. The average molecular weight is 303 g/mol. The van der Waals surface area contributed by atoms with Gasteiger partial charge in [-0.25, -0.2) is 17.5 Å². The lowest BCUT2D eigenvalue weighted by Crippen LogP contribution is -2.42. The molecule has 0 aliphatic heterocycles. The summed E-state index contributed by atoms with van der Waals surface area (Å²) >= 11 is 0. The van der Waals surface area contributed by atoms with Crippen molar-refractivity contribution < 1.29 is 12.8 Å². The van der Waals surface area contributed by atoms with Crippen LogP contribution in [0.5, 0.6) is 0 Å². The molecular formula is C13H22FN3O2S. The molecule has 0 spiro atoms. The van der Waals surface area contributed by atoms with Crippen molar-refractivity contribution >= 4 is 15.7 Å². The molecule has 7 heteroatoms. The van der Waals surface area contributed by atoms with E-state index in [2.05, 4.69) is 9.62 Å². The molecule has 0 fully saturated rings. The summed E-state index contributed by atoms with van der Waals surface area (Å²) in [6.07, 6.45) is 0. The number of hydrogen-bond acceptors (Lipinski definition) is 4. The highest BCUT2D eigenvalue weighted by molar-refractivity contribution is 7.89. The minimum atomic E-state index is -3.96. The molecule has 114 valence electrons. The van der Waals surface area contributed by atoms with E-state index in [0.29, 0.717) is 6.54 Å². The van der Waals surface area contributed by atoms with E-state index in [1.165, 1.54) is 12.1 Å². The summed E-state index contributed by atoms with van der Waals surface area (Å²) < 4.78 is 40.5. The number of likely N-dealkylation sites (N-methyl/N-ethyl adjacent to an activating group) is 1. The molecule has 0 aromatic heterocycles. The summed E-state index contributed by atoms with van der Waals surface area (Å²) in [5.74, 6) is -0.840. The molecule has 0 radical (unpaired) electrons. The number of anilines is 1. The Morgan fingerprint density at radius 2 is 1.95 bits per heavy atom. The van der Waals surface area contributed by atoms with Crippen LogP contribution in [-0.4, -0.2) is 39.0 Å². The van der Waals surface area contributed by atoms with Gasteiger partial charge in [0.2, 0.25) is 10.0 Å². The predicted octanol–water partition coefficient (Wildman–Crippen LogP) is 1.42. The smallest absolute Gasteiger partial charge is 0.245 e. The van der Waals surface area contributed by atoms with Crippen molar-refractivity contribution in [3.05, 3.63) is 24.0 Å². The van der Waals surface area contributed by atoms with E-state index in [0.717, 1.165) is 19.2 Å². The Labute approximate surface area is 120 Å². The molecule has 0 saturated heterocycles. The molecule has 3 N–H and O–H groups in total. The lowest BCUT2D eigenvalue weighted by atomic mass is 10.3. The van der Waals surface area contributed by atoms with Crippen molar-refractivity contribution in [2.45, 2.75) is 31.7 Å². The molecular weight excluding hydrogens is 281 g/mol. The number of halogens is 1. The maximum atomic E-state index is 13.7. The first-order valence-electron chi connectivity index (χ1n) is 6.60. The first-order valence-corrected chi connectivity index (χ1v) is 8.08. The van der Waals surface area contributed by atoms with Gasteiger partial charge in [0.15, 0.2) is 0 Å². The van der Waals surface area contributed by atoms with Crippen molar-refractivity contribution in [3.63, 3.8) is 0 Å². The Hall–Kier alpha value is -1.18. The Morgan fingerprint density at radius 3 is 2.45 bits per heavy atom. The van der Waals surface area contributed by atoms with Crippen LogP contribution in [0.3, 0.4) is 0 Å². The quantitative estimate of drug-likeness (QED) is 0.747. The standard InChI is InChI=1S/C13H22FN3O2S/c1-4-17(5-2)9-10(3)16-20(18,19)13-11(14)7-6-8-12(13)15/h6-8,10,16H,4-5,9,15H2,1-3H3. The summed E-state index contributed by atoms with van der Waals surface area (Å²) in [5, 5.41) is 0. The van der Waals surface area contributed by atoms with Crippen LogP contribution in [0.4, 0.5) is 10.1 Å².